The minimum Gasteiger partial charge on any atom is -0.465 e. The first-order valence-electron chi connectivity index (χ1n) is 9.76. The van der Waals surface area contributed by atoms with Crippen LogP contribution >= 0.6 is 11.8 Å². The third-order valence-electron chi connectivity index (χ3n) is 4.40. The maximum absolute atomic E-state index is 13.0. The van der Waals surface area contributed by atoms with E-state index in [-0.39, 0.29) is 24.4 Å². The van der Waals surface area contributed by atoms with Gasteiger partial charge in [0.05, 0.1) is 11.8 Å². The van der Waals surface area contributed by atoms with Crippen molar-refractivity contribution >= 4 is 29.9 Å². The number of rotatable bonds is 9. The van der Waals surface area contributed by atoms with Crippen LogP contribution in [0.1, 0.15) is 53.9 Å². The van der Waals surface area contributed by atoms with Gasteiger partial charge in [0.2, 0.25) is 5.91 Å². The van der Waals surface area contributed by atoms with Crippen molar-refractivity contribution in [1.82, 2.24) is 9.80 Å². The molecule has 1 aliphatic heterocycles. The Balaban J connectivity index is 3.03. The Hall–Kier alpha value is -1.64. The molecule has 0 aromatic heterocycles. The Labute approximate surface area is 172 Å². The molecule has 0 aromatic carbocycles. The van der Waals surface area contributed by atoms with Gasteiger partial charge in [-0.05, 0) is 46.0 Å². The summed E-state index contributed by atoms with van der Waals surface area (Å²) in [6.07, 6.45) is 0.814. The number of carbonyl (C=O) groups is 3. The molecule has 1 rings (SSSR count). The van der Waals surface area contributed by atoms with E-state index in [1.165, 1.54) is 16.7 Å². The molecule has 1 aliphatic rings. The number of hydrogen-bond acceptors (Lipinski definition) is 5. The summed E-state index contributed by atoms with van der Waals surface area (Å²) < 4.78 is 5.62. The first-order valence-corrected chi connectivity index (χ1v) is 10.9. The summed E-state index contributed by atoms with van der Waals surface area (Å²) in [7, 11) is 0. The molecular weight excluding hydrogens is 382 g/mol. The van der Waals surface area contributed by atoms with Crippen LogP contribution in [0.5, 0.6) is 0 Å². The number of carbonyl (C=O) groups excluding carboxylic acids is 2. The van der Waals surface area contributed by atoms with Crippen LogP contribution in [0.3, 0.4) is 0 Å². The first kappa shape index (κ1) is 24.4. The SMILES string of the molecule is CC(C)C[C@H](CSCC(N)=O)N(C[C@@H]1CCCN1C(=O)O)C(=O)OC(C)(C)C. The van der Waals surface area contributed by atoms with Gasteiger partial charge in [0, 0.05) is 24.9 Å². The first-order chi connectivity index (χ1) is 12.9. The van der Waals surface area contributed by atoms with Crippen LogP contribution in [-0.4, -0.2) is 75.3 Å². The monoisotopic (exact) mass is 417 g/mol. The molecule has 9 heteroatoms. The Morgan fingerprint density at radius 3 is 2.46 bits per heavy atom. The molecule has 1 heterocycles. The zero-order valence-corrected chi connectivity index (χ0v) is 18.5. The molecule has 1 fully saturated rings. The van der Waals surface area contributed by atoms with E-state index in [9.17, 15) is 19.5 Å². The maximum atomic E-state index is 13.0. The number of carboxylic acid groups (broad SMARTS) is 1. The standard InChI is InChI=1S/C19H35N3O5S/c1-13(2)9-15(11-28-12-16(20)23)22(18(26)27-19(3,4)5)10-14-7-6-8-21(14)17(24)25/h13-15H,6-12H2,1-5H3,(H2,20,23)(H,24,25)/t14-,15+/m0/s1. The van der Waals surface area contributed by atoms with Gasteiger partial charge in [0.15, 0.2) is 0 Å². The lowest BCUT2D eigenvalue weighted by Gasteiger charge is -2.37. The highest BCUT2D eigenvalue weighted by molar-refractivity contribution is 7.99. The van der Waals surface area contributed by atoms with E-state index >= 15 is 0 Å². The number of likely N-dealkylation sites (tertiary alicyclic amines) is 1. The van der Waals surface area contributed by atoms with E-state index in [2.05, 4.69) is 13.8 Å². The Bertz CT molecular complexity index is 550. The molecule has 8 nitrogen and oxygen atoms in total. The van der Waals surface area contributed by atoms with E-state index in [4.69, 9.17) is 10.5 Å². The van der Waals surface area contributed by atoms with E-state index in [0.717, 1.165) is 12.8 Å². The van der Waals surface area contributed by atoms with E-state index in [0.29, 0.717) is 24.6 Å². The van der Waals surface area contributed by atoms with Gasteiger partial charge < -0.3 is 25.4 Å². The van der Waals surface area contributed by atoms with Crippen LogP contribution in [0.15, 0.2) is 0 Å². The number of nitrogens with two attached hydrogens (primary N) is 1. The fraction of sp³-hybridized carbons (Fsp3) is 0.842. The van der Waals surface area contributed by atoms with Crippen LogP contribution in [0.4, 0.5) is 9.59 Å². The fourth-order valence-electron chi connectivity index (χ4n) is 3.32. The average molecular weight is 418 g/mol. The summed E-state index contributed by atoms with van der Waals surface area (Å²) in [6.45, 7) is 10.3. The van der Waals surface area contributed by atoms with Crippen molar-refractivity contribution in [1.29, 1.82) is 0 Å². The predicted octanol–water partition coefficient (Wildman–Crippen LogP) is 3.00. The van der Waals surface area contributed by atoms with Crippen molar-refractivity contribution in [3.05, 3.63) is 0 Å². The minimum absolute atomic E-state index is 0.171. The van der Waals surface area contributed by atoms with E-state index in [1.807, 2.05) is 20.8 Å². The summed E-state index contributed by atoms with van der Waals surface area (Å²) in [5.41, 5.74) is 4.59. The molecule has 1 saturated heterocycles. The minimum atomic E-state index is -0.963. The van der Waals surface area contributed by atoms with Crippen LogP contribution in [0.2, 0.25) is 0 Å². The molecule has 0 radical (unpaired) electrons. The molecule has 28 heavy (non-hydrogen) atoms. The Kier molecular flexibility index (Phi) is 9.39. The second-order valence-corrected chi connectivity index (χ2v) is 9.70. The zero-order valence-electron chi connectivity index (χ0n) is 17.6. The molecule has 0 bridgehead atoms. The molecule has 0 aromatic rings. The molecule has 162 valence electrons. The highest BCUT2D eigenvalue weighted by Crippen LogP contribution is 2.24. The summed E-state index contributed by atoms with van der Waals surface area (Å²) in [6, 6.07) is -0.420. The largest absolute Gasteiger partial charge is 0.465 e. The number of ether oxygens (including phenoxy) is 1. The molecule has 3 N–H and O–H groups in total. The summed E-state index contributed by atoms with van der Waals surface area (Å²) in [5, 5.41) is 9.44. The molecular formula is C19H35N3O5S. The third kappa shape index (κ3) is 8.58. The lowest BCUT2D eigenvalue weighted by Crippen LogP contribution is -2.51. The van der Waals surface area contributed by atoms with E-state index < -0.39 is 23.7 Å². The number of amides is 3. The quantitative estimate of drug-likeness (QED) is 0.596. The third-order valence-corrected chi connectivity index (χ3v) is 5.51. The highest BCUT2D eigenvalue weighted by atomic mass is 32.2. The van der Waals surface area contributed by atoms with Gasteiger partial charge in [-0.2, -0.15) is 0 Å². The van der Waals surface area contributed by atoms with Gasteiger partial charge in [-0.3, -0.25) is 4.79 Å². The smallest absolute Gasteiger partial charge is 0.410 e. The number of nitrogens with zero attached hydrogens (tertiary/aromatic N) is 2. The Morgan fingerprint density at radius 1 is 1.32 bits per heavy atom. The number of hydrogen-bond donors (Lipinski definition) is 2. The number of primary amides is 1. The molecule has 0 aliphatic carbocycles. The average Bonchev–Trinajstić information content (AvgIpc) is 2.97. The van der Waals surface area contributed by atoms with Gasteiger partial charge >= 0.3 is 12.2 Å². The van der Waals surface area contributed by atoms with Crippen LogP contribution < -0.4 is 5.73 Å². The maximum Gasteiger partial charge on any atom is 0.410 e. The van der Waals surface area contributed by atoms with Gasteiger partial charge in [-0.1, -0.05) is 13.8 Å². The van der Waals surface area contributed by atoms with Gasteiger partial charge in [-0.25, -0.2) is 9.59 Å². The second-order valence-electron chi connectivity index (χ2n) is 8.67. The topological polar surface area (TPSA) is 113 Å². The van der Waals surface area contributed by atoms with E-state index in [1.54, 1.807) is 4.90 Å². The van der Waals surface area contributed by atoms with Crippen molar-refractivity contribution < 1.29 is 24.2 Å². The fourth-order valence-corrected chi connectivity index (χ4v) is 4.23. The van der Waals surface area contributed by atoms with Gasteiger partial charge in [-0.15, -0.1) is 11.8 Å². The van der Waals surface area contributed by atoms with Crippen molar-refractivity contribution in [2.45, 2.75) is 71.6 Å². The van der Waals surface area contributed by atoms with Gasteiger partial charge in [0.1, 0.15) is 5.60 Å². The van der Waals surface area contributed by atoms with Crippen molar-refractivity contribution in [3.63, 3.8) is 0 Å². The van der Waals surface area contributed by atoms with Gasteiger partial charge in [0.25, 0.3) is 0 Å². The molecule has 0 unspecified atom stereocenters. The van der Waals surface area contributed by atoms with Crippen molar-refractivity contribution in [2.75, 3.05) is 24.6 Å². The zero-order chi connectivity index (χ0) is 21.5. The Morgan fingerprint density at radius 2 is 1.96 bits per heavy atom. The molecule has 0 spiro atoms. The molecule has 2 atom stereocenters. The number of thioether (sulfide) groups is 1. The van der Waals surface area contributed by atoms with Crippen molar-refractivity contribution in [2.24, 2.45) is 11.7 Å². The van der Waals surface area contributed by atoms with Crippen LogP contribution in [0, 0.1) is 5.92 Å². The lowest BCUT2D eigenvalue weighted by molar-refractivity contribution is -0.115. The van der Waals surface area contributed by atoms with Crippen LogP contribution in [0.25, 0.3) is 0 Å². The molecule has 3 amide bonds. The second kappa shape index (κ2) is 10.8. The normalized spacial score (nSPS) is 18.2. The summed E-state index contributed by atoms with van der Waals surface area (Å²) in [5.74, 6) is 0.648. The lowest BCUT2D eigenvalue weighted by atomic mass is 10.0. The summed E-state index contributed by atoms with van der Waals surface area (Å²) in [4.78, 5) is 38.7. The predicted molar refractivity (Wildman–Crippen MR) is 110 cm³/mol. The highest BCUT2D eigenvalue weighted by Gasteiger charge is 2.36. The molecule has 0 saturated carbocycles. The van der Waals surface area contributed by atoms with Crippen LogP contribution in [-0.2, 0) is 9.53 Å². The summed E-state index contributed by atoms with van der Waals surface area (Å²) >= 11 is 1.39. The van der Waals surface area contributed by atoms with Crippen molar-refractivity contribution in [3.8, 4) is 0 Å².